The van der Waals surface area contributed by atoms with E-state index in [0.717, 1.165) is 38.5 Å². The molecule has 2 aliphatic rings. The van der Waals surface area contributed by atoms with Gasteiger partial charge in [-0.25, -0.2) is 0 Å². The molecule has 0 aromatic rings. The Balaban J connectivity index is 1.74. The smallest absolute Gasteiger partial charge is 0.0444 e. The fourth-order valence-electron chi connectivity index (χ4n) is 2.63. The Morgan fingerprint density at radius 1 is 1.38 bits per heavy atom. The minimum atomic E-state index is 0.151. The van der Waals surface area contributed by atoms with Gasteiger partial charge in [0.2, 0.25) is 0 Å². The van der Waals surface area contributed by atoms with Gasteiger partial charge in [-0.15, -0.1) is 0 Å². The Labute approximate surface area is 98.2 Å². The van der Waals surface area contributed by atoms with Crippen molar-refractivity contribution in [2.75, 3.05) is 32.8 Å². The first-order valence-corrected chi connectivity index (χ1v) is 6.60. The molecule has 1 heterocycles. The Bertz CT molecular complexity index is 220. The van der Waals surface area contributed by atoms with Crippen LogP contribution in [-0.4, -0.2) is 54.4 Å². The molecule has 1 aliphatic carbocycles. The van der Waals surface area contributed by atoms with Crippen LogP contribution in [0.4, 0.5) is 0 Å². The summed E-state index contributed by atoms with van der Waals surface area (Å²) in [4.78, 5) is 2.59. The summed E-state index contributed by atoms with van der Waals surface area (Å²) in [6.07, 6.45) is 5.87. The van der Waals surface area contributed by atoms with Gasteiger partial charge in [0.25, 0.3) is 0 Å². The van der Waals surface area contributed by atoms with Gasteiger partial charge in [-0.1, -0.05) is 0 Å². The summed E-state index contributed by atoms with van der Waals surface area (Å²) in [6, 6.07) is 0.854. The summed E-state index contributed by atoms with van der Waals surface area (Å²) >= 11 is 0. The number of nitrogens with two attached hydrogens (primary N) is 1. The maximum atomic E-state index is 8.74. The SMILES string of the molecule is NCC1(NCCCCO)CCN(C2CC2)C1. The molecule has 4 heteroatoms. The Morgan fingerprint density at radius 3 is 2.81 bits per heavy atom. The molecular weight excluding hydrogens is 202 g/mol. The molecule has 4 N–H and O–H groups in total. The number of likely N-dealkylation sites (tertiary alicyclic amines) is 1. The highest BCUT2D eigenvalue weighted by Gasteiger charge is 2.41. The summed E-state index contributed by atoms with van der Waals surface area (Å²) < 4.78 is 0. The third-order valence-corrected chi connectivity index (χ3v) is 3.92. The molecule has 1 saturated carbocycles. The second kappa shape index (κ2) is 5.45. The van der Waals surface area contributed by atoms with E-state index in [-0.39, 0.29) is 5.54 Å². The lowest BCUT2D eigenvalue weighted by atomic mass is 9.98. The van der Waals surface area contributed by atoms with E-state index in [9.17, 15) is 0 Å². The van der Waals surface area contributed by atoms with E-state index >= 15 is 0 Å². The summed E-state index contributed by atoms with van der Waals surface area (Å²) in [5.74, 6) is 0. The highest BCUT2D eigenvalue weighted by molar-refractivity contribution is 5.02. The number of hydrogen-bond donors (Lipinski definition) is 3. The number of aliphatic hydroxyl groups is 1. The summed E-state index contributed by atoms with van der Waals surface area (Å²) in [6.45, 7) is 4.33. The molecular formula is C12H25N3O. The zero-order valence-corrected chi connectivity index (χ0v) is 10.1. The normalized spacial score (nSPS) is 31.1. The van der Waals surface area contributed by atoms with Crippen molar-refractivity contribution in [1.82, 2.24) is 10.2 Å². The molecule has 94 valence electrons. The lowest BCUT2D eigenvalue weighted by Gasteiger charge is -2.29. The van der Waals surface area contributed by atoms with Gasteiger partial charge in [0.05, 0.1) is 0 Å². The first-order valence-electron chi connectivity index (χ1n) is 6.60. The fraction of sp³-hybridized carbons (Fsp3) is 1.00. The monoisotopic (exact) mass is 227 g/mol. The molecule has 1 atom stereocenters. The Morgan fingerprint density at radius 2 is 2.19 bits per heavy atom. The average Bonchev–Trinajstić information content (AvgIpc) is 3.07. The molecule has 0 aromatic heterocycles. The first-order chi connectivity index (χ1) is 7.79. The maximum Gasteiger partial charge on any atom is 0.0444 e. The van der Waals surface area contributed by atoms with Crippen molar-refractivity contribution < 1.29 is 5.11 Å². The van der Waals surface area contributed by atoms with Crippen LogP contribution in [-0.2, 0) is 0 Å². The number of nitrogens with one attached hydrogen (secondary N) is 1. The Kier molecular flexibility index (Phi) is 4.19. The quantitative estimate of drug-likeness (QED) is 0.532. The van der Waals surface area contributed by atoms with Gasteiger partial charge in [0.1, 0.15) is 0 Å². The molecule has 2 rings (SSSR count). The van der Waals surface area contributed by atoms with Crippen molar-refractivity contribution in [1.29, 1.82) is 0 Å². The van der Waals surface area contributed by atoms with E-state index in [1.54, 1.807) is 0 Å². The molecule has 1 aliphatic heterocycles. The minimum Gasteiger partial charge on any atom is -0.396 e. The van der Waals surface area contributed by atoms with Crippen LogP contribution in [0, 0.1) is 0 Å². The van der Waals surface area contributed by atoms with Crippen LogP contribution in [0.25, 0.3) is 0 Å². The highest BCUT2D eigenvalue weighted by Crippen LogP contribution is 2.33. The van der Waals surface area contributed by atoms with Crippen LogP contribution < -0.4 is 11.1 Å². The Hall–Kier alpha value is -0.160. The lowest BCUT2D eigenvalue weighted by Crippen LogP contribution is -2.53. The number of nitrogens with zero attached hydrogens (tertiary/aromatic N) is 1. The molecule has 1 saturated heterocycles. The standard InChI is InChI=1S/C12H25N3O/c13-9-12(14-6-1-2-8-16)5-7-15(10-12)11-3-4-11/h11,14,16H,1-10,13H2. The third-order valence-electron chi connectivity index (χ3n) is 3.92. The van der Waals surface area contributed by atoms with E-state index in [2.05, 4.69) is 10.2 Å². The zero-order chi connectivity index (χ0) is 11.4. The largest absolute Gasteiger partial charge is 0.396 e. The van der Waals surface area contributed by atoms with Gasteiger partial charge < -0.3 is 16.2 Å². The van der Waals surface area contributed by atoms with Gasteiger partial charge in [-0.05, 0) is 38.6 Å². The van der Waals surface area contributed by atoms with Crippen molar-refractivity contribution in [2.45, 2.75) is 43.7 Å². The van der Waals surface area contributed by atoms with Crippen molar-refractivity contribution in [3.63, 3.8) is 0 Å². The van der Waals surface area contributed by atoms with E-state index in [1.807, 2.05) is 0 Å². The molecule has 0 radical (unpaired) electrons. The minimum absolute atomic E-state index is 0.151. The summed E-state index contributed by atoms with van der Waals surface area (Å²) in [5.41, 5.74) is 6.08. The van der Waals surface area contributed by atoms with Gasteiger partial charge in [0, 0.05) is 37.8 Å². The van der Waals surface area contributed by atoms with Gasteiger partial charge in [-0.2, -0.15) is 0 Å². The van der Waals surface area contributed by atoms with Crippen LogP contribution >= 0.6 is 0 Å². The molecule has 16 heavy (non-hydrogen) atoms. The molecule has 0 amide bonds. The van der Waals surface area contributed by atoms with Crippen molar-refractivity contribution in [3.8, 4) is 0 Å². The molecule has 0 aromatic carbocycles. The van der Waals surface area contributed by atoms with Crippen molar-refractivity contribution >= 4 is 0 Å². The first kappa shape index (κ1) is 12.3. The van der Waals surface area contributed by atoms with Crippen LogP contribution in [0.2, 0.25) is 0 Å². The summed E-state index contributed by atoms with van der Waals surface area (Å²) in [5, 5.41) is 12.4. The second-order valence-corrected chi connectivity index (χ2v) is 5.29. The molecule has 4 nitrogen and oxygen atoms in total. The van der Waals surface area contributed by atoms with E-state index < -0.39 is 0 Å². The predicted octanol–water partition coefficient (Wildman–Crippen LogP) is -0.0859. The van der Waals surface area contributed by atoms with Crippen LogP contribution in [0.3, 0.4) is 0 Å². The predicted molar refractivity (Wildman–Crippen MR) is 65.3 cm³/mol. The molecule has 0 bridgehead atoms. The topological polar surface area (TPSA) is 61.5 Å². The van der Waals surface area contributed by atoms with Gasteiger partial charge in [-0.3, -0.25) is 4.90 Å². The van der Waals surface area contributed by atoms with Crippen LogP contribution in [0.1, 0.15) is 32.1 Å². The number of hydrogen-bond acceptors (Lipinski definition) is 4. The molecule has 1 unspecified atom stereocenters. The van der Waals surface area contributed by atoms with Gasteiger partial charge >= 0.3 is 0 Å². The summed E-state index contributed by atoms with van der Waals surface area (Å²) in [7, 11) is 0. The fourth-order valence-corrected chi connectivity index (χ4v) is 2.63. The number of rotatable bonds is 7. The highest BCUT2D eigenvalue weighted by atomic mass is 16.2. The third kappa shape index (κ3) is 2.94. The van der Waals surface area contributed by atoms with E-state index in [4.69, 9.17) is 10.8 Å². The zero-order valence-electron chi connectivity index (χ0n) is 10.1. The molecule has 0 spiro atoms. The van der Waals surface area contributed by atoms with Crippen molar-refractivity contribution in [2.24, 2.45) is 5.73 Å². The van der Waals surface area contributed by atoms with E-state index in [1.165, 1.54) is 25.8 Å². The second-order valence-electron chi connectivity index (χ2n) is 5.29. The average molecular weight is 227 g/mol. The maximum absolute atomic E-state index is 8.74. The van der Waals surface area contributed by atoms with E-state index in [0.29, 0.717) is 6.61 Å². The number of aliphatic hydroxyl groups excluding tert-OH is 1. The van der Waals surface area contributed by atoms with Crippen LogP contribution in [0.15, 0.2) is 0 Å². The lowest BCUT2D eigenvalue weighted by molar-refractivity contribution is 0.263. The van der Waals surface area contributed by atoms with Gasteiger partial charge in [0.15, 0.2) is 0 Å². The van der Waals surface area contributed by atoms with Crippen molar-refractivity contribution in [3.05, 3.63) is 0 Å². The number of unbranched alkanes of at least 4 members (excludes halogenated alkanes) is 1. The molecule has 2 fully saturated rings. The van der Waals surface area contributed by atoms with Crippen LogP contribution in [0.5, 0.6) is 0 Å².